The first kappa shape index (κ1) is 25.3. The first-order valence-corrected chi connectivity index (χ1v) is 13.7. The first-order chi connectivity index (χ1) is 16.7. The molecular formula is C26H30ClN3O4S. The maximum Gasteiger partial charge on any atom is 0.254 e. The van der Waals surface area contributed by atoms with E-state index >= 15 is 0 Å². The fraction of sp³-hybridized carbons (Fsp3) is 0.385. The minimum atomic E-state index is -3.74. The number of imidazole rings is 1. The quantitative estimate of drug-likeness (QED) is 0.373. The van der Waals surface area contributed by atoms with Crippen molar-refractivity contribution in [3.63, 3.8) is 0 Å². The Labute approximate surface area is 211 Å². The number of nitrogens with zero attached hydrogens (tertiary/aromatic N) is 3. The Morgan fingerprint density at radius 3 is 2.51 bits per heavy atom. The zero-order valence-corrected chi connectivity index (χ0v) is 21.7. The van der Waals surface area contributed by atoms with E-state index in [-0.39, 0.29) is 29.4 Å². The van der Waals surface area contributed by atoms with Gasteiger partial charge in [-0.1, -0.05) is 23.7 Å². The molecule has 7 nitrogen and oxygen atoms in total. The third-order valence-electron chi connectivity index (χ3n) is 6.03. The highest BCUT2D eigenvalue weighted by atomic mass is 35.5. The molecule has 0 saturated heterocycles. The third-order valence-corrected chi connectivity index (χ3v) is 7.84. The molecule has 0 radical (unpaired) electrons. The van der Waals surface area contributed by atoms with Crippen LogP contribution in [0.5, 0.6) is 5.75 Å². The van der Waals surface area contributed by atoms with Gasteiger partial charge in [-0.15, -0.1) is 0 Å². The van der Waals surface area contributed by atoms with Crippen molar-refractivity contribution in [1.29, 1.82) is 0 Å². The molecule has 1 amide bonds. The number of ether oxygens (including phenoxy) is 1. The Morgan fingerprint density at radius 1 is 1.20 bits per heavy atom. The molecule has 0 spiro atoms. The normalized spacial score (nSPS) is 13.7. The number of rotatable bonds is 10. The number of hydrogen-bond acceptors (Lipinski definition) is 5. The number of amides is 1. The number of hydrogen-bond donors (Lipinski definition) is 0. The summed E-state index contributed by atoms with van der Waals surface area (Å²) in [5.41, 5.74) is 1.85. The van der Waals surface area contributed by atoms with Gasteiger partial charge in [-0.05, 0) is 74.6 Å². The highest BCUT2D eigenvalue weighted by Crippen LogP contribution is 2.31. The highest BCUT2D eigenvalue weighted by Gasteiger charge is 2.30. The molecular weight excluding hydrogens is 486 g/mol. The topological polar surface area (TPSA) is 81.5 Å². The van der Waals surface area contributed by atoms with Gasteiger partial charge >= 0.3 is 0 Å². The molecule has 0 unspecified atom stereocenters. The summed E-state index contributed by atoms with van der Waals surface area (Å²) in [6.45, 7) is 4.73. The molecule has 1 saturated carbocycles. The second-order valence-electron chi connectivity index (χ2n) is 9.24. The van der Waals surface area contributed by atoms with Crippen molar-refractivity contribution < 1.29 is 17.9 Å². The van der Waals surface area contributed by atoms with Crippen LogP contribution in [0.15, 0.2) is 59.9 Å². The monoisotopic (exact) mass is 515 g/mol. The lowest BCUT2D eigenvalue weighted by molar-refractivity contribution is 0.0730. The molecule has 0 bridgehead atoms. The molecule has 4 rings (SSSR count). The number of carbonyl (C=O) groups is 1. The molecule has 186 valence electrons. The standard InChI is InChI=1S/C26H30ClN3O4S/c1-18(2)30-23(14-28-26(30)35(32,33)17-20-5-4-6-22(27)13-20)16-29(15-19-7-8-19)25(31)21-9-11-24(34-3)12-10-21/h4-6,9-14,18-19H,7-8,15-17H2,1-3H3. The molecule has 2 aromatic carbocycles. The van der Waals surface area contributed by atoms with E-state index in [4.69, 9.17) is 16.3 Å². The van der Waals surface area contributed by atoms with E-state index in [0.29, 0.717) is 40.1 Å². The predicted molar refractivity (Wildman–Crippen MR) is 135 cm³/mol. The van der Waals surface area contributed by atoms with Gasteiger partial charge in [0.1, 0.15) is 5.75 Å². The van der Waals surface area contributed by atoms with E-state index in [1.807, 2.05) is 13.8 Å². The summed E-state index contributed by atoms with van der Waals surface area (Å²) >= 11 is 6.05. The lowest BCUT2D eigenvalue weighted by atomic mass is 10.1. The summed E-state index contributed by atoms with van der Waals surface area (Å²) < 4.78 is 33.6. The summed E-state index contributed by atoms with van der Waals surface area (Å²) in [4.78, 5) is 19.5. The van der Waals surface area contributed by atoms with Crippen molar-refractivity contribution >= 4 is 27.3 Å². The van der Waals surface area contributed by atoms with Gasteiger partial charge < -0.3 is 14.2 Å². The van der Waals surface area contributed by atoms with Gasteiger partial charge in [0.05, 0.1) is 31.3 Å². The molecule has 0 aliphatic heterocycles. The molecule has 35 heavy (non-hydrogen) atoms. The molecule has 9 heteroatoms. The van der Waals surface area contributed by atoms with Gasteiger partial charge in [-0.25, -0.2) is 13.4 Å². The van der Waals surface area contributed by atoms with Crippen molar-refractivity contribution in [3.05, 3.63) is 76.6 Å². The van der Waals surface area contributed by atoms with Crippen molar-refractivity contribution in [3.8, 4) is 5.75 Å². The van der Waals surface area contributed by atoms with E-state index in [0.717, 1.165) is 12.8 Å². The average Bonchev–Trinajstić information content (AvgIpc) is 3.53. The number of sulfone groups is 1. The summed E-state index contributed by atoms with van der Waals surface area (Å²) in [6.07, 6.45) is 3.76. The summed E-state index contributed by atoms with van der Waals surface area (Å²) in [7, 11) is -2.15. The smallest absolute Gasteiger partial charge is 0.254 e. The van der Waals surface area contributed by atoms with Crippen molar-refractivity contribution in [2.75, 3.05) is 13.7 Å². The van der Waals surface area contributed by atoms with Crippen LogP contribution in [0.3, 0.4) is 0 Å². The van der Waals surface area contributed by atoms with Crippen molar-refractivity contribution in [1.82, 2.24) is 14.5 Å². The summed E-state index contributed by atoms with van der Waals surface area (Å²) in [6, 6.07) is 13.7. The van der Waals surface area contributed by atoms with Crippen LogP contribution in [-0.2, 0) is 22.1 Å². The Bertz CT molecular complexity index is 1300. The molecule has 1 fully saturated rings. The predicted octanol–water partition coefficient (Wildman–Crippen LogP) is 5.15. The Balaban J connectivity index is 1.63. The van der Waals surface area contributed by atoms with Crippen LogP contribution in [0.25, 0.3) is 0 Å². The molecule has 1 heterocycles. The lowest BCUT2D eigenvalue weighted by Gasteiger charge is -2.25. The third kappa shape index (κ3) is 6.05. The van der Waals surface area contributed by atoms with Gasteiger partial charge in [0.15, 0.2) is 0 Å². The van der Waals surface area contributed by atoms with E-state index in [2.05, 4.69) is 4.98 Å². The largest absolute Gasteiger partial charge is 0.497 e. The number of carbonyl (C=O) groups excluding carboxylic acids is 1. The molecule has 1 aromatic heterocycles. The molecule has 0 atom stereocenters. The number of halogens is 1. The average molecular weight is 516 g/mol. The van der Waals surface area contributed by atoms with Crippen molar-refractivity contribution in [2.24, 2.45) is 5.92 Å². The second-order valence-corrected chi connectivity index (χ2v) is 11.6. The number of benzene rings is 2. The van der Waals surface area contributed by atoms with E-state index in [1.54, 1.807) is 71.3 Å². The Morgan fingerprint density at radius 2 is 1.91 bits per heavy atom. The fourth-order valence-corrected chi connectivity index (χ4v) is 5.93. The zero-order chi connectivity index (χ0) is 25.2. The Hall–Kier alpha value is -2.84. The van der Waals surface area contributed by atoms with Gasteiger partial charge in [-0.2, -0.15) is 0 Å². The minimum absolute atomic E-state index is 0.00532. The highest BCUT2D eigenvalue weighted by molar-refractivity contribution is 7.90. The summed E-state index contributed by atoms with van der Waals surface area (Å²) in [5.74, 6) is 0.855. The Kier molecular flexibility index (Phi) is 7.52. The maximum absolute atomic E-state index is 13.4. The van der Waals surface area contributed by atoms with Crippen LogP contribution in [0.1, 0.15) is 54.3 Å². The van der Waals surface area contributed by atoms with Crippen LogP contribution in [0.2, 0.25) is 5.02 Å². The molecule has 1 aliphatic carbocycles. The first-order valence-electron chi connectivity index (χ1n) is 11.6. The van der Waals surface area contributed by atoms with E-state index < -0.39 is 9.84 Å². The van der Waals surface area contributed by atoms with Gasteiger partial charge in [0.2, 0.25) is 15.0 Å². The molecule has 3 aromatic rings. The van der Waals surface area contributed by atoms with E-state index in [9.17, 15) is 13.2 Å². The van der Waals surface area contributed by atoms with Crippen LogP contribution < -0.4 is 4.74 Å². The molecule has 0 N–H and O–H groups in total. The van der Waals surface area contributed by atoms with Crippen LogP contribution in [-0.4, -0.2) is 42.4 Å². The summed E-state index contributed by atoms with van der Waals surface area (Å²) in [5, 5.41) is 0.490. The van der Waals surface area contributed by atoms with Crippen LogP contribution >= 0.6 is 11.6 Å². The maximum atomic E-state index is 13.4. The second kappa shape index (κ2) is 10.4. The molecule has 1 aliphatic rings. The minimum Gasteiger partial charge on any atom is -0.497 e. The van der Waals surface area contributed by atoms with Gasteiger partial charge in [0.25, 0.3) is 5.91 Å². The zero-order valence-electron chi connectivity index (χ0n) is 20.1. The lowest BCUT2D eigenvalue weighted by Crippen LogP contribution is -2.33. The van der Waals surface area contributed by atoms with E-state index in [1.165, 1.54) is 0 Å². The van der Waals surface area contributed by atoms with Gasteiger partial charge in [-0.3, -0.25) is 4.79 Å². The number of methoxy groups -OCH3 is 1. The van der Waals surface area contributed by atoms with Crippen LogP contribution in [0, 0.1) is 5.92 Å². The SMILES string of the molecule is COc1ccc(C(=O)N(Cc2cnc(S(=O)(=O)Cc3cccc(Cl)c3)n2C(C)C)CC2CC2)cc1. The van der Waals surface area contributed by atoms with Gasteiger partial charge in [0, 0.05) is 23.2 Å². The fourth-order valence-electron chi connectivity index (χ4n) is 4.13. The number of aromatic nitrogens is 2. The van der Waals surface area contributed by atoms with Crippen molar-refractivity contribution in [2.45, 2.75) is 50.2 Å². The van der Waals surface area contributed by atoms with Crippen LogP contribution in [0.4, 0.5) is 0 Å².